The number of aromatic nitrogens is 1. The molecule has 1 aliphatic heterocycles. The van der Waals surface area contributed by atoms with Gasteiger partial charge in [0.2, 0.25) is 0 Å². The van der Waals surface area contributed by atoms with E-state index in [0.717, 1.165) is 11.1 Å². The molecule has 0 spiro atoms. The van der Waals surface area contributed by atoms with Crippen molar-refractivity contribution in [3.05, 3.63) is 65.5 Å². The lowest BCUT2D eigenvalue weighted by Crippen LogP contribution is -2.44. The Balaban J connectivity index is 1.87. The summed E-state index contributed by atoms with van der Waals surface area (Å²) in [6, 6.07) is 11.5. The number of benzene rings is 1. The first-order chi connectivity index (χ1) is 9.74. The van der Waals surface area contributed by atoms with Crippen LogP contribution < -0.4 is 0 Å². The van der Waals surface area contributed by atoms with Crippen molar-refractivity contribution in [1.82, 2.24) is 9.88 Å². The summed E-state index contributed by atoms with van der Waals surface area (Å²) in [4.78, 5) is 17.5. The van der Waals surface area contributed by atoms with Gasteiger partial charge in [0, 0.05) is 25.5 Å². The van der Waals surface area contributed by atoms with Crippen molar-refractivity contribution >= 4 is 5.97 Å². The summed E-state index contributed by atoms with van der Waals surface area (Å²) >= 11 is 0. The molecule has 0 saturated carbocycles. The summed E-state index contributed by atoms with van der Waals surface area (Å²) in [5.41, 5.74) is 3.45. The number of rotatable bonds is 3. The van der Waals surface area contributed by atoms with Gasteiger partial charge >= 0.3 is 5.97 Å². The van der Waals surface area contributed by atoms with Crippen LogP contribution in [0.2, 0.25) is 0 Å². The Bertz CT molecular complexity index is 613. The third-order valence-corrected chi connectivity index (χ3v) is 3.77. The molecule has 4 nitrogen and oxygen atoms in total. The highest BCUT2D eigenvalue weighted by molar-refractivity contribution is 5.74. The molecule has 1 unspecified atom stereocenters. The van der Waals surface area contributed by atoms with Crippen molar-refractivity contribution in [2.24, 2.45) is 0 Å². The minimum Gasteiger partial charge on any atom is -0.480 e. The summed E-state index contributed by atoms with van der Waals surface area (Å²) in [6.07, 6.45) is 4.04. The van der Waals surface area contributed by atoms with Crippen molar-refractivity contribution in [1.29, 1.82) is 0 Å². The molecular formula is C16H16N2O2. The van der Waals surface area contributed by atoms with Crippen molar-refractivity contribution < 1.29 is 9.90 Å². The topological polar surface area (TPSA) is 53.4 Å². The normalized spacial score (nSPS) is 18.5. The largest absolute Gasteiger partial charge is 0.480 e. The minimum atomic E-state index is -0.756. The van der Waals surface area contributed by atoms with Crippen LogP contribution in [0.3, 0.4) is 0 Å². The van der Waals surface area contributed by atoms with Gasteiger partial charge in [-0.1, -0.05) is 24.3 Å². The monoisotopic (exact) mass is 268 g/mol. The number of hydrogen-bond donors (Lipinski definition) is 1. The SMILES string of the molecule is O=C(O)C1Cc2ccccc2CN1Cc1ccncc1. The van der Waals surface area contributed by atoms with E-state index in [1.807, 2.05) is 35.2 Å². The Morgan fingerprint density at radius 2 is 1.90 bits per heavy atom. The molecule has 1 aromatic heterocycles. The minimum absolute atomic E-state index is 0.460. The summed E-state index contributed by atoms with van der Waals surface area (Å²) in [5, 5.41) is 9.46. The summed E-state index contributed by atoms with van der Waals surface area (Å²) in [5.74, 6) is -0.756. The molecular weight excluding hydrogens is 252 g/mol. The molecule has 0 amide bonds. The number of nitrogens with zero attached hydrogens (tertiary/aromatic N) is 2. The molecule has 2 aromatic rings. The van der Waals surface area contributed by atoms with Gasteiger partial charge in [0.1, 0.15) is 6.04 Å². The number of fused-ring (bicyclic) bond motifs is 1. The van der Waals surface area contributed by atoms with Crippen LogP contribution in [0.15, 0.2) is 48.8 Å². The van der Waals surface area contributed by atoms with E-state index in [2.05, 4.69) is 11.1 Å². The average Bonchev–Trinajstić information content (AvgIpc) is 2.47. The van der Waals surface area contributed by atoms with Gasteiger partial charge in [-0.2, -0.15) is 0 Å². The fourth-order valence-electron chi connectivity index (χ4n) is 2.71. The molecule has 1 atom stereocenters. The smallest absolute Gasteiger partial charge is 0.321 e. The van der Waals surface area contributed by atoms with E-state index in [4.69, 9.17) is 0 Å². The second-order valence-electron chi connectivity index (χ2n) is 5.09. The number of pyridine rings is 1. The summed E-state index contributed by atoms with van der Waals surface area (Å²) in [6.45, 7) is 1.31. The van der Waals surface area contributed by atoms with Crippen LogP contribution in [0, 0.1) is 0 Å². The lowest BCUT2D eigenvalue weighted by molar-refractivity contribution is -0.144. The number of carbonyl (C=O) groups is 1. The third-order valence-electron chi connectivity index (χ3n) is 3.77. The fourth-order valence-corrected chi connectivity index (χ4v) is 2.71. The van der Waals surface area contributed by atoms with E-state index >= 15 is 0 Å². The summed E-state index contributed by atoms with van der Waals surface area (Å²) < 4.78 is 0. The van der Waals surface area contributed by atoms with Crippen molar-refractivity contribution in [2.45, 2.75) is 25.6 Å². The maximum atomic E-state index is 11.5. The predicted molar refractivity (Wildman–Crippen MR) is 75.1 cm³/mol. The molecule has 0 fully saturated rings. The van der Waals surface area contributed by atoms with E-state index in [0.29, 0.717) is 19.5 Å². The van der Waals surface area contributed by atoms with E-state index in [9.17, 15) is 9.90 Å². The molecule has 4 heteroatoms. The molecule has 0 bridgehead atoms. The Hall–Kier alpha value is -2.20. The van der Waals surface area contributed by atoms with Gasteiger partial charge in [-0.15, -0.1) is 0 Å². The van der Waals surface area contributed by atoms with Crippen LogP contribution in [0.1, 0.15) is 16.7 Å². The molecule has 1 aromatic carbocycles. The maximum Gasteiger partial charge on any atom is 0.321 e. The van der Waals surface area contributed by atoms with Gasteiger partial charge in [-0.05, 0) is 35.2 Å². The van der Waals surface area contributed by atoms with Crippen molar-refractivity contribution in [3.63, 3.8) is 0 Å². The van der Waals surface area contributed by atoms with Crippen LogP contribution in [-0.2, 0) is 24.3 Å². The zero-order valence-electron chi connectivity index (χ0n) is 11.1. The van der Waals surface area contributed by atoms with Crippen LogP contribution in [0.4, 0.5) is 0 Å². The van der Waals surface area contributed by atoms with Gasteiger partial charge in [-0.3, -0.25) is 14.7 Å². The molecule has 0 saturated heterocycles. The molecule has 0 aliphatic carbocycles. The second-order valence-corrected chi connectivity index (χ2v) is 5.09. The number of aliphatic carboxylic acids is 1. The number of hydrogen-bond acceptors (Lipinski definition) is 3. The average molecular weight is 268 g/mol. The van der Waals surface area contributed by atoms with E-state index < -0.39 is 12.0 Å². The second kappa shape index (κ2) is 5.43. The zero-order valence-corrected chi connectivity index (χ0v) is 11.1. The molecule has 1 aliphatic rings. The van der Waals surface area contributed by atoms with Gasteiger partial charge in [0.05, 0.1) is 0 Å². The first kappa shape index (κ1) is 12.8. The standard InChI is InChI=1S/C16H16N2O2/c19-16(20)15-9-13-3-1-2-4-14(13)11-18(15)10-12-5-7-17-8-6-12/h1-8,15H,9-11H2,(H,19,20). The third kappa shape index (κ3) is 2.56. The Morgan fingerprint density at radius 3 is 2.60 bits per heavy atom. The molecule has 20 heavy (non-hydrogen) atoms. The zero-order chi connectivity index (χ0) is 13.9. The quantitative estimate of drug-likeness (QED) is 0.926. The van der Waals surface area contributed by atoms with E-state index in [1.54, 1.807) is 12.4 Å². The molecule has 0 radical (unpaired) electrons. The van der Waals surface area contributed by atoms with Gasteiger partial charge in [-0.25, -0.2) is 0 Å². The van der Waals surface area contributed by atoms with Crippen LogP contribution in [-0.4, -0.2) is 27.0 Å². The highest BCUT2D eigenvalue weighted by Crippen LogP contribution is 2.24. The number of carboxylic acids is 1. The van der Waals surface area contributed by atoms with Gasteiger partial charge in [0.25, 0.3) is 0 Å². The van der Waals surface area contributed by atoms with Crippen LogP contribution in [0.25, 0.3) is 0 Å². The highest BCUT2D eigenvalue weighted by atomic mass is 16.4. The highest BCUT2D eigenvalue weighted by Gasteiger charge is 2.31. The van der Waals surface area contributed by atoms with E-state index in [-0.39, 0.29) is 0 Å². The molecule has 102 valence electrons. The predicted octanol–water partition coefficient (Wildman–Crippen LogP) is 2.09. The lowest BCUT2D eigenvalue weighted by atomic mass is 9.93. The van der Waals surface area contributed by atoms with E-state index in [1.165, 1.54) is 5.56 Å². The molecule has 2 heterocycles. The number of carboxylic acid groups (broad SMARTS) is 1. The Morgan fingerprint density at radius 1 is 1.20 bits per heavy atom. The fraction of sp³-hybridized carbons (Fsp3) is 0.250. The van der Waals surface area contributed by atoms with Crippen LogP contribution >= 0.6 is 0 Å². The molecule has 1 N–H and O–H groups in total. The first-order valence-corrected chi connectivity index (χ1v) is 6.66. The summed E-state index contributed by atoms with van der Waals surface area (Å²) in [7, 11) is 0. The maximum absolute atomic E-state index is 11.5. The molecule has 3 rings (SSSR count). The van der Waals surface area contributed by atoms with Crippen molar-refractivity contribution in [2.75, 3.05) is 0 Å². The van der Waals surface area contributed by atoms with Gasteiger partial charge in [0.15, 0.2) is 0 Å². The lowest BCUT2D eigenvalue weighted by Gasteiger charge is -2.34. The first-order valence-electron chi connectivity index (χ1n) is 6.66. The van der Waals surface area contributed by atoms with Crippen LogP contribution in [0.5, 0.6) is 0 Å². The van der Waals surface area contributed by atoms with Crippen molar-refractivity contribution in [3.8, 4) is 0 Å². The Kier molecular flexibility index (Phi) is 3.48. The Labute approximate surface area is 117 Å². The van der Waals surface area contributed by atoms with Gasteiger partial charge < -0.3 is 5.11 Å².